The standard InChI is InChI=1S/C27H23NO3/c1-28-24-14-8-20(18-4-10-22(29-2)11-5-18)16-26(24)31-27-17-21(9-15-25(27)28)19-6-12-23(30-3)13-7-19/h4-17H,1-3H3. The third-order valence-corrected chi connectivity index (χ3v) is 5.71. The number of rotatable bonds is 4. The highest BCUT2D eigenvalue weighted by Gasteiger charge is 2.22. The van der Waals surface area contributed by atoms with Crippen molar-refractivity contribution in [3.05, 3.63) is 84.9 Å². The Kier molecular flexibility index (Phi) is 4.75. The van der Waals surface area contributed by atoms with E-state index in [0.29, 0.717) is 0 Å². The Morgan fingerprint density at radius 3 is 1.32 bits per heavy atom. The van der Waals surface area contributed by atoms with E-state index in [1.165, 1.54) is 0 Å². The predicted octanol–water partition coefficient (Wildman–Crippen LogP) is 6.91. The number of hydrogen-bond donors (Lipinski definition) is 0. The maximum atomic E-state index is 6.37. The van der Waals surface area contributed by atoms with Crippen molar-refractivity contribution in [1.82, 2.24) is 0 Å². The van der Waals surface area contributed by atoms with Crippen LogP contribution in [0.5, 0.6) is 23.0 Å². The number of fused-ring (bicyclic) bond motifs is 2. The van der Waals surface area contributed by atoms with Crippen LogP contribution in [0, 0.1) is 0 Å². The minimum Gasteiger partial charge on any atom is -0.497 e. The van der Waals surface area contributed by atoms with Crippen LogP contribution in [0.15, 0.2) is 84.9 Å². The normalized spacial score (nSPS) is 11.9. The lowest BCUT2D eigenvalue weighted by Gasteiger charge is -2.30. The molecule has 1 aliphatic heterocycles. The second-order valence-corrected chi connectivity index (χ2v) is 7.48. The highest BCUT2D eigenvalue weighted by atomic mass is 16.5. The topological polar surface area (TPSA) is 30.9 Å². The van der Waals surface area contributed by atoms with Crippen LogP contribution in [-0.2, 0) is 0 Å². The van der Waals surface area contributed by atoms with Crippen LogP contribution in [0.2, 0.25) is 0 Å². The van der Waals surface area contributed by atoms with Gasteiger partial charge in [0.05, 0.1) is 25.6 Å². The third kappa shape index (κ3) is 3.46. The van der Waals surface area contributed by atoms with Gasteiger partial charge in [0.1, 0.15) is 11.5 Å². The molecule has 4 heteroatoms. The van der Waals surface area contributed by atoms with Crippen LogP contribution in [0.3, 0.4) is 0 Å². The molecule has 0 aromatic heterocycles. The van der Waals surface area contributed by atoms with Crippen molar-refractivity contribution < 1.29 is 14.2 Å². The second kappa shape index (κ2) is 7.73. The Bertz CT molecular complexity index is 1130. The fourth-order valence-electron chi connectivity index (χ4n) is 3.92. The van der Waals surface area contributed by atoms with Crippen molar-refractivity contribution in [1.29, 1.82) is 0 Å². The van der Waals surface area contributed by atoms with E-state index in [9.17, 15) is 0 Å². The van der Waals surface area contributed by atoms with E-state index < -0.39 is 0 Å². The molecular weight excluding hydrogens is 386 g/mol. The molecule has 0 radical (unpaired) electrons. The number of anilines is 2. The highest BCUT2D eigenvalue weighted by Crippen LogP contribution is 2.48. The zero-order valence-corrected chi connectivity index (χ0v) is 17.8. The lowest BCUT2D eigenvalue weighted by atomic mass is 10.0. The molecule has 1 aliphatic rings. The average Bonchev–Trinajstić information content (AvgIpc) is 2.83. The van der Waals surface area contributed by atoms with Crippen LogP contribution in [0.4, 0.5) is 11.4 Å². The van der Waals surface area contributed by atoms with Crippen molar-refractivity contribution in [3.8, 4) is 45.3 Å². The molecule has 4 aromatic carbocycles. The minimum atomic E-state index is 0.843. The van der Waals surface area contributed by atoms with E-state index in [1.807, 2.05) is 24.3 Å². The second-order valence-electron chi connectivity index (χ2n) is 7.48. The van der Waals surface area contributed by atoms with Crippen molar-refractivity contribution in [2.75, 3.05) is 26.2 Å². The van der Waals surface area contributed by atoms with Crippen LogP contribution in [0.1, 0.15) is 0 Å². The average molecular weight is 409 g/mol. The quantitative estimate of drug-likeness (QED) is 0.366. The Labute approximate surface area is 182 Å². The number of methoxy groups -OCH3 is 2. The first kappa shape index (κ1) is 19.1. The number of ether oxygens (including phenoxy) is 3. The van der Waals surface area contributed by atoms with Crippen LogP contribution in [0.25, 0.3) is 22.3 Å². The summed E-state index contributed by atoms with van der Waals surface area (Å²) in [7, 11) is 5.42. The largest absolute Gasteiger partial charge is 0.497 e. The van der Waals surface area contributed by atoms with Gasteiger partial charge in [-0.3, -0.25) is 0 Å². The summed E-state index contributed by atoms with van der Waals surface area (Å²) in [5, 5.41) is 0. The number of benzene rings is 4. The molecule has 31 heavy (non-hydrogen) atoms. The van der Waals surface area contributed by atoms with Crippen molar-refractivity contribution in [3.63, 3.8) is 0 Å². The van der Waals surface area contributed by atoms with E-state index in [4.69, 9.17) is 14.2 Å². The summed E-state index contributed by atoms with van der Waals surface area (Å²) < 4.78 is 16.9. The molecular formula is C27H23NO3. The van der Waals surface area contributed by atoms with Gasteiger partial charge in [0.25, 0.3) is 0 Å². The van der Waals surface area contributed by atoms with Crippen LogP contribution < -0.4 is 19.1 Å². The molecule has 0 amide bonds. The van der Waals surface area contributed by atoms with Crippen LogP contribution in [-0.4, -0.2) is 21.3 Å². The molecule has 0 fully saturated rings. The van der Waals surface area contributed by atoms with Gasteiger partial charge >= 0.3 is 0 Å². The summed E-state index contributed by atoms with van der Waals surface area (Å²) in [4.78, 5) is 2.17. The number of hydrogen-bond acceptors (Lipinski definition) is 4. The van der Waals surface area contributed by atoms with Gasteiger partial charge in [-0.05, 0) is 70.8 Å². The molecule has 0 saturated heterocycles. The molecule has 0 bridgehead atoms. The summed E-state index contributed by atoms with van der Waals surface area (Å²) in [5.41, 5.74) is 6.53. The zero-order valence-electron chi connectivity index (χ0n) is 17.8. The first-order valence-electron chi connectivity index (χ1n) is 10.1. The van der Waals surface area contributed by atoms with Gasteiger partial charge in [-0.2, -0.15) is 0 Å². The van der Waals surface area contributed by atoms with Gasteiger partial charge in [0.2, 0.25) is 0 Å². The fourth-order valence-corrected chi connectivity index (χ4v) is 3.92. The van der Waals surface area contributed by atoms with Gasteiger partial charge in [-0.1, -0.05) is 36.4 Å². The first-order valence-corrected chi connectivity index (χ1v) is 10.1. The van der Waals surface area contributed by atoms with E-state index in [-0.39, 0.29) is 0 Å². The van der Waals surface area contributed by atoms with Gasteiger partial charge in [-0.15, -0.1) is 0 Å². The van der Waals surface area contributed by atoms with Gasteiger partial charge in [0.15, 0.2) is 11.5 Å². The van der Waals surface area contributed by atoms with Gasteiger partial charge < -0.3 is 19.1 Å². The summed E-state index contributed by atoms with van der Waals surface area (Å²) in [6.07, 6.45) is 0. The molecule has 0 saturated carbocycles. The lowest BCUT2D eigenvalue weighted by Crippen LogP contribution is -2.15. The molecule has 0 N–H and O–H groups in total. The monoisotopic (exact) mass is 409 g/mol. The Morgan fingerprint density at radius 2 is 0.935 bits per heavy atom. The van der Waals surface area contributed by atoms with E-state index in [1.54, 1.807) is 14.2 Å². The SMILES string of the molecule is COc1ccc(-c2ccc3c(c2)Oc2cc(-c4ccc(OC)cc4)ccc2N3C)cc1. The fraction of sp³-hybridized carbons (Fsp3) is 0.111. The minimum absolute atomic E-state index is 0.843. The third-order valence-electron chi connectivity index (χ3n) is 5.71. The highest BCUT2D eigenvalue weighted by molar-refractivity contribution is 5.83. The van der Waals surface area contributed by atoms with Gasteiger partial charge in [0, 0.05) is 7.05 Å². The maximum Gasteiger partial charge on any atom is 0.151 e. The summed E-state index contributed by atoms with van der Waals surface area (Å²) >= 11 is 0. The predicted molar refractivity (Wildman–Crippen MR) is 125 cm³/mol. The molecule has 0 spiro atoms. The molecule has 0 aliphatic carbocycles. The van der Waals surface area contributed by atoms with E-state index in [2.05, 4.69) is 72.6 Å². The summed E-state index contributed by atoms with van der Waals surface area (Å²) in [5.74, 6) is 3.38. The van der Waals surface area contributed by atoms with E-state index in [0.717, 1.165) is 56.6 Å². The Morgan fingerprint density at radius 1 is 0.548 bits per heavy atom. The zero-order chi connectivity index (χ0) is 21.4. The molecule has 0 atom stereocenters. The first-order chi connectivity index (χ1) is 15.2. The van der Waals surface area contributed by atoms with E-state index >= 15 is 0 Å². The molecule has 4 aromatic rings. The molecule has 154 valence electrons. The van der Waals surface area contributed by atoms with Crippen LogP contribution >= 0.6 is 0 Å². The van der Waals surface area contributed by atoms with Crippen molar-refractivity contribution >= 4 is 11.4 Å². The Balaban J connectivity index is 1.49. The smallest absolute Gasteiger partial charge is 0.151 e. The summed E-state index contributed by atoms with van der Waals surface area (Å²) in [6, 6.07) is 28.8. The van der Waals surface area contributed by atoms with Crippen molar-refractivity contribution in [2.45, 2.75) is 0 Å². The molecule has 4 nitrogen and oxygen atoms in total. The lowest BCUT2D eigenvalue weighted by molar-refractivity contribution is 0.415. The molecule has 1 heterocycles. The van der Waals surface area contributed by atoms with Crippen molar-refractivity contribution in [2.24, 2.45) is 0 Å². The maximum absolute atomic E-state index is 6.37. The Hall–Kier alpha value is -3.92. The molecule has 5 rings (SSSR count). The number of nitrogens with zero attached hydrogens (tertiary/aromatic N) is 1. The van der Waals surface area contributed by atoms with Gasteiger partial charge in [-0.25, -0.2) is 0 Å². The summed E-state index contributed by atoms with van der Waals surface area (Å²) in [6.45, 7) is 0. The molecule has 0 unspecified atom stereocenters.